The zero-order valence-corrected chi connectivity index (χ0v) is 16.6. The van der Waals surface area contributed by atoms with E-state index in [2.05, 4.69) is 26.2 Å². The maximum absolute atomic E-state index is 12.3. The summed E-state index contributed by atoms with van der Waals surface area (Å²) in [5.74, 6) is -0.133. The summed E-state index contributed by atoms with van der Waals surface area (Å²) in [6.45, 7) is 5.42. The van der Waals surface area contributed by atoms with Crippen LogP contribution in [-0.2, 0) is 9.59 Å². The monoisotopic (exact) mass is 396 g/mol. The molecule has 2 aromatic carbocycles. The van der Waals surface area contributed by atoms with Gasteiger partial charge in [-0.05, 0) is 59.7 Å². The molecule has 0 fully saturated rings. The number of aromatic nitrogens is 4. The Morgan fingerprint density at radius 1 is 1.11 bits per heavy atom. The third-order valence-electron chi connectivity index (χ3n) is 4.06. The number of aryl methyl sites for hydroxylation is 1. The van der Waals surface area contributed by atoms with E-state index in [1.54, 1.807) is 18.2 Å². The van der Waals surface area contributed by atoms with Crippen LogP contribution in [0.25, 0.3) is 5.69 Å². The molecule has 0 aliphatic rings. The lowest BCUT2D eigenvalue weighted by Crippen LogP contribution is -2.15. The number of hydrogen-bond acceptors (Lipinski definition) is 6. The van der Waals surface area contributed by atoms with Crippen molar-refractivity contribution in [2.45, 2.75) is 25.9 Å². The molecule has 0 aliphatic carbocycles. The fourth-order valence-electron chi connectivity index (χ4n) is 2.55. The van der Waals surface area contributed by atoms with Gasteiger partial charge in [0, 0.05) is 18.3 Å². The Kier molecular flexibility index (Phi) is 6.05. The van der Waals surface area contributed by atoms with E-state index in [0.29, 0.717) is 16.5 Å². The Balaban J connectivity index is 1.68. The van der Waals surface area contributed by atoms with Gasteiger partial charge in [0.1, 0.15) is 0 Å². The van der Waals surface area contributed by atoms with Gasteiger partial charge in [-0.3, -0.25) is 9.59 Å². The molecule has 1 heterocycles. The van der Waals surface area contributed by atoms with Gasteiger partial charge in [-0.2, -0.15) is 4.68 Å². The van der Waals surface area contributed by atoms with E-state index in [4.69, 9.17) is 0 Å². The van der Waals surface area contributed by atoms with E-state index in [0.717, 1.165) is 16.8 Å². The molecule has 0 bridgehead atoms. The van der Waals surface area contributed by atoms with E-state index >= 15 is 0 Å². The number of anilines is 2. The average Bonchev–Trinajstić information content (AvgIpc) is 3.12. The van der Waals surface area contributed by atoms with Crippen molar-refractivity contribution in [3.05, 3.63) is 53.6 Å². The predicted octanol–water partition coefficient (Wildman–Crippen LogP) is 2.97. The lowest BCUT2D eigenvalue weighted by atomic mass is 10.1. The summed E-state index contributed by atoms with van der Waals surface area (Å²) in [6, 6.07) is 12.9. The van der Waals surface area contributed by atoms with E-state index < -0.39 is 0 Å². The minimum Gasteiger partial charge on any atom is -0.326 e. The largest absolute Gasteiger partial charge is 0.326 e. The summed E-state index contributed by atoms with van der Waals surface area (Å²) < 4.78 is 1.53. The van der Waals surface area contributed by atoms with Crippen molar-refractivity contribution in [2.75, 3.05) is 16.4 Å². The summed E-state index contributed by atoms with van der Waals surface area (Å²) in [4.78, 5) is 23.6. The zero-order chi connectivity index (χ0) is 20.1. The molecule has 2 amide bonds. The van der Waals surface area contributed by atoms with Gasteiger partial charge >= 0.3 is 0 Å². The first-order valence-corrected chi connectivity index (χ1v) is 9.58. The first-order chi connectivity index (χ1) is 13.4. The number of rotatable bonds is 6. The maximum atomic E-state index is 12.3. The highest BCUT2D eigenvalue weighted by Crippen LogP contribution is 2.22. The lowest BCUT2D eigenvalue weighted by Gasteiger charge is -2.10. The van der Waals surface area contributed by atoms with Gasteiger partial charge in [-0.15, -0.1) is 5.10 Å². The summed E-state index contributed by atoms with van der Waals surface area (Å²) in [5, 5.41) is 17.8. The second kappa shape index (κ2) is 8.66. The van der Waals surface area contributed by atoms with Crippen LogP contribution in [0.15, 0.2) is 47.6 Å². The Morgan fingerprint density at radius 3 is 2.68 bits per heavy atom. The van der Waals surface area contributed by atoms with Gasteiger partial charge in [0.25, 0.3) is 0 Å². The molecule has 2 N–H and O–H groups in total. The summed E-state index contributed by atoms with van der Waals surface area (Å²) in [7, 11) is 0. The molecule has 1 aromatic heterocycles. The van der Waals surface area contributed by atoms with E-state index in [1.165, 1.54) is 23.4 Å². The van der Waals surface area contributed by atoms with Crippen LogP contribution < -0.4 is 10.6 Å². The van der Waals surface area contributed by atoms with Gasteiger partial charge in [0.15, 0.2) is 0 Å². The van der Waals surface area contributed by atoms with Crippen LogP contribution in [-0.4, -0.2) is 37.8 Å². The normalized spacial score (nSPS) is 10.5. The van der Waals surface area contributed by atoms with E-state index in [9.17, 15) is 9.59 Å². The first-order valence-electron chi connectivity index (χ1n) is 8.59. The van der Waals surface area contributed by atoms with Crippen LogP contribution in [0.3, 0.4) is 0 Å². The number of carbonyl (C=O) groups is 2. The second-order valence-electron chi connectivity index (χ2n) is 6.19. The Bertz CT molecular complexity index is 1020. The summed E-state index contributed by atoms with van der Waals surface area (Å²) >= 11 is 1.23. The highest BCUT2D eigenvalue weighted by Gasteiger charge is 2.13. The van der Waals surface area contributed by atoms with Gasteiger partial charge in [0.05, 0.1) is 11.4 Å². The number of tetrazole rings is 1. The smallest absolute Gasteiger partial charge is 0.234 e. The summed E-state index contributed by atoms with van der Waals surface area (Å²) in [5.41, 5.74) is 4.29. The topological polar surface area (TPSA) is 102 Å². The van der Waals surface area contributed by atoms with Gasteiger partial charge < -0.3 is 10.6 Å². The Hall–Kier alpha value is -3.20. The molecule has 0 atom stereocenters. The van der Waals surface area contributed by atoms with Crippen LogP contribution in [0, 0.1) is 13.8 Å². The van der Waals surface area contributed by atoms with Crippen LogP contribution in [0.5, 0.6) is 0 Å². The second-order valence-corrected chi connectivity index (χ2v) is 7.13. The van der Waals surface area contributed by atoms with Gasteiger partial charge in [0.2, 0.25) is 17.0 Å². The molecule has 0 saturated heterocycles. The fraction of sp³-hybridized carbons (Fsp3) is 0.211. The van der Waals surface area contributed by atoms with Crippen molar-refractivity contribution in [3.8, 4) is 5.69 Å². The van der Waals surface area contributed by atoms with Crippen molar-refractivity contribution >= 4 is 35.0 Å². The molecule has 0 saturated carbocycles. The minimum absolute atomic E-state index is 0.139. The van der Waals surface area contributed by atoms with E-state index in [1.807, 2.05) is 38.1 Å². The summed E-state index contributed by atoms with van der Waals surface area (Å²) in [6.07, 6.45) is 0. The van der Waals surface area contributed by atoms with Crippen molar-refractivity contribution in [3.63, 3.8) is 0 Å². The molecule has 28 heavy (non-hydrogen) atoms. The molecular weight excluding hydrogens is 376 g/mol. The third-order valence-corrected chi connectivity index (χ3v) is 4.98. The Labute approximate surface area is 166 Å². The Morgan fingerprint density at radius 2 is 1.89 bits per heavy atom. The van der Waals surface area contributed by atoms with Crippen LogP contribution >= 0.6 is 11.8 Å². The van der Waals surface area contributed by atoms with Crippen molar-refractivity contribution in [1.29, 1.82) is 0 Å². The molecule has 0 spiro atoms. The molecule has 0 aliphatic heterocycles. The molecule has 0 unspecified atom stereocenters. The average molecular weight is 396 g/mol. The molecule has 3 rings (SSSR count). The molecule has 9 heteroatoms. The predicted molar refractivity (Wildman–Crippen MR) is 109 cm³/mol. The van der Waals surface area contributed by atoms with Crippen LogP contribution in [0.4, 0.5) is 11.4 Å². The number of hydrogen-bond donors (Lipinski definition) is 2. The zero-order valence-electron chi connectivity index (χ0n) is 15.8. The standard InChI is InChI=1S/C19H20N6O2S/c1-12-6-4-9-17(13(12)2)21-18(27)11-28-19-22-23-24-25(19)16-8-5-7-15(10-16)20-14(3)26/h4-10H,11H2,1-3H3,(H,20,26)(H,21,27). The minimum atomic E-state index is -0.161. The third kappa shape index (κ3) is 4.74. The quantitative estimate of drug-likeness (QED) is 0.621. The highest BCUT2D eigenvalue weighted by atomic mass is 32.2. The number of benzene rings is 2. The number of carbonyl (C=O) groups excluding carboxylic acids is 2. The molecule has 144 valence electrons. The number of thioether (sulfide) groups is 1. The van der Waals surface area contributed by atoms with Crippen LogP contribution in [0.2, 0.25) is 0 Å². The van der Waals surface area contributed by atoms with Gasteiger partial charge in [-0.1, -0.05) is 30.0 Å². The first kappa shape index (κ1) is 19.6. The fourth-order valence-corrected chi connectivity index (χ4v) is 3.24. The van der Waals surface area contributed by atoms with Gasteiger partial charge in [-0.25, -0.2) is 0 Å². The lowest BCUT2D eigenvalue weighted by molar-refractivity contribution is -0.114. The number of nitrogens with one attached hydrogen (secondary N) is 2. The maximum Gasteiger partial charge on any atom is 0.234 e. The highest BCUT2D eigenvalue weighted by molar-refractivity contribution is 7.99. The molecule has 0 radical (unpaired) electrons. The van der Waals surface area contributed by atoms with Crippen molar-refractivity contribution in [2.24, 2.45) is 0 Å². The number of nitrogens with zero attached hydrogens (tertiary/aromatic N) is 4. The van der Waals surface area contributed by atoms with Crippen molar-refractivity contribution in [1.82, 2.24) is 20.2 Å². The molecule has 8 nitrogen and oxygen atoms in total. The number of amides is 2. The van der Waals surface area contributed by atoms with Crippen LogP contribution in [0.1, 0.15) is 18.1 Å². The molecule has 3 aromatic rings. The van der Waals surface area contributed by atoms with E-state index in [-0.39, 0.29) is 17.6 Å². The van der Waals surface area contributed by atoms with Crippen molar-refractivity contribution < 1.29 is 9.59 Å². The SMILES string of the molecule is CC(=O)Nc1cccc(-n2nnnc2SCC(=O)Nc2cccc(C)c2C)c1. The molecular formula is C19H20N6O2S.